The van der Waals surface area contributed by atoms with Crippen LogP contribution in [-0.4, -0.2) is 35.8 Å². The van der Waals surface area contributed by atoms with Crippen LogP contribution in [0.2, 0.25) is 0 Å². The standard InChI is InChI=1S/C17H20N4O2/c22-17(16-13-2-1-3-14(13)20-21-16)19-12-6-4-11(5-7-12)15-10-18-8-9-23-15/h4-7,15,18H,1-3,8-10H2,(H,19,22)(H,20,21). The van der Waals surface area contributed by atoms with Crippen molar-refractivity contribution >= 4 is 11.6 Å². The van der Waals surface area contributed by atoms with E-state index in [2.05, 4.69) is 20.8 Å². The summed E-state index contributed by atoms with van der Waals surface area (Å²) in [6.45, 7) is 2.46. The number of benzene rings is 1. The first kappa shape index (κ1) is 14.4. The number of nitrogens with zero attached hydrogens (tertiary/aromatic N) is 1. The number of aryl methyl sites for hydroxylation is 1. The number of hydrogen-bond donors (Lipinski definition) is 3. The zero-order chi connectivity index (χ0) is 15.6. The van der Waals surface area contributed by atoms with Gasteiger partial charge in [-0.1, -0.05) is 12.1 Å². The molecule has 1 aliphatic heterocycles. The van der Waals surface area contributed by atoms with Crippen molar-refractivity contribution in [3.8, 4) is 0 Å². The van der Waals surface area contributed by atoms with E-state index in [-0.39, 0.29) is 12.0 Å². The first-order chi connectivity index (χ1) is 11.3. The molecular formula is C17H20N4O2. The number of amides is 1. The largest absolute Gasteiger partial charge is 0.371 e. The number of aromatic nitrogens is 2. The number of ether oxygens (including phenoxy) is 1. The molecule has 1 aromatic heterocycles. The molecule has 1 aliphatic carbocycles. The predicted molar refractivity (Wildman–Crippen MR) is 86.6 cm³/mol. The zero-order valence-corrected chi connectivity index (χ0v) is 12.9. The second kappa shape index (κ2) is 6.14. The lowest BCUT2D eigenvalue weighted by Crippen LogP contribution is -2.33. The van der Waals surface area contributed by atoms with E-state index in [1.54, 1.807) is 0 Å². The van der Waals surface area contributed by atoms with Crippen LogP contribution in [0.1, 0.15) is 39.8 Å². The maximum Gasteiger partial charge on any atom is 0.276 e. The molecule has 0 saturated carbocycles. The summed E-state index contributed by atoms with van der Waals surface area (Å²) >= 11 is 0. The lowest BCUT2D eigenvalue weighted by molar-refractivity contribution is 0.0277. The third-order valence-corrected chi connectivity index (χ3v) is 4.49. The molecule has 3 N–H and O–H groups in total. The summed E-state index contributed by atoms with van der Waals surface area (Å²) in [6.07, 6.45) is 3.09. The van der Waals surface area contributed by atoms with Crippen molar-refractivity contribution in [3.05, 3.63) is 46.8 Å². The molecule has 1 amide bonds. The fourth-order valence-corrected chi connectivity index (χ4v) is 3.26. The molecule has 6 heteroatoms. The molecule has 0 bridgehead atoms. The number of fused-ring (bicyclic) bond motifs is 1. The number of H-pyrrole nitrogens is 1. The van der Waals surface area contributed by atoms with Crippen LogP contribution < -0.4 is 10.6 Å². The number of aromatic amines is 1. The summed E-state index contributed by atoms with van der Waals surface area (Å²) in [7, 11) is 0. The number of carbonyl (C=O) groups is 1. The topological polar surface area (TPSA) is 79.0 Å². The summed E-state index contributed by atoms with van der Waals surface area (Å²) in [6, 6.07) is 7.83. The van der Waals surface area contributed by atoms with E-state index < -0.39 is 0 Å². The molecule has 1 fully saturated rings. The third-order valence-electron chi connectivity index (χ3n) is 4.49. The van der Waals surface area contributed by atoms with Gasteiger partial charge in [0.1, 0.15) is 0 Å². The number of anilines is 1. The quantitative estimate of drug-likeness (QED) is 0.807. The predicted octanol–water partition coefficient (Wildman–Crippen LogP) is 1.81. The Hall–Kier alpha value is -2.18. The Morgan fingerprint density at radius 3 is 2.91 bits per heavy atom. The van der Waals surface area contributed by atoms with Crippen LogP contribution in [0.3, 0.4) is 0 Å². The molecule has 1 aromatic carbocycles. The van der Waals surface area contributed by atoms with Gasteiger partial charge in [0.05, 0.1) is 12.7 Å². The molecule has 2 aromatic rings. The highest BCUT2D eigenvalue weighted by molar-refractivity contribution is 6.04. The van der Waals surface area contributed by atoms with Crippen molar-refractivity contribution in [1.29, 1.82) is 0 Å². The summed E-state index contributed by atoms with van der Waals surface area (Å²) in [5, 5.41) is 13.4. The van der Waals surface area contributed by atoms with E-state index in [1.165, 1.54) is 0 Å². The number of morpholine rings is 1. The van der Waals surface area contributed by atoms with Gasteiger partial charge in [0.25, 0.3) is 5.91 Å². The average molecular weight is 312 g/mol. The molecule has 1 unspecified atom stereocenters. The molecule has 6 nitrogen and oxygen atoms in total. The molecule has 1 saturated heterocycles. The highest BCUT2D eigenvalue weighted by Crippen LogP contribution is 2.24. The Balaban J connectivity index is 1.45. The summed E-state index contributed by atoms with van der Waals surface area (Å²) in [4.78, 5) is 12.4. The highest BCUT2D eigenvalue weighted by Gasteiger charge is 2.23. The molecule has 0 spiro atoms. The number of carbonyl (C=O) groups excluding carboxylic acids is 1. The van der Waals surface area contributed by atoms with Gasteiger partial charge >= 0.3 is 0 Å². The molecule has 120 valence electrons. The molecular weight excluding hydrogens is 292 g/mol. The molecule has 2 heterocycles. The van der Waals surface area contributed by atoms with E-state index in [9.17, 15) is 4.79 Å². The maximum absolute atomic E-state index is 12.4. The van der Waals surface area contributed by atoms with Crippen molar-refractivity contribution < 1.29 is 9.53 Å². The van der Waals surface area contributed by atoms with E-state index in [0.717, 1.165) is 61.5 Å². The van der Waals surface area contributed by atoms with Crippen molar-refractivity contribution in [2.75, 3.05) is 25.0 Å². The molecule has 0 radical (unpaired) electrons. The minimum Gasteiger partial charge on any atom is -0.371 e. The van der Waals surface area contributed by atoms with Crippen molar-refractivity contribution in [3.63, 3.8) is 0 Å². The van der Waals surface area contributed by atoms with Crippen LogP contribution in [0.5, 0.6) is 0 Å². The Morgan fingerprint density at radius 2 is 2.13 bits per heavy atom. The maximum atomic E-state index is 12.4. The number of rotatable bonds is 3. The van der Waals surface area contributed by atoms with E-state index >= 15 is 0 Å². The minimum absolute atomic E-state index is 0.0862. The fourth-order valence-electron chi connectivity index (χ4n) is 3.26. The van der Waals surface area contributed by atoms with Gasteiger partial charge in [-0.3, -0.25) is 9.89 Å². The minimum atomic E-state index is -0.146. The first-order valence-electron chi connectivity index (χ1n) is 8.11. The van der Waals surface area contributed by atoms with Crippen LogP contribution >= 0.6 is 0 Å². The number of nitrogens with one attached hydrogen (secondary N) is 3. The summed E-state index contributed by atoms with van der Waals surface area (Å²) in [5.74, 6) is -0.146. The second-order valence-corrected chi connectivity index (χ2v) is 6.02. The van der Waals surface area contributed by atoms with Crippen molar-refractivity contribution in [1.82, 2.24) is 15.5 Å². The van der Waals surface area contributed by atoms with Crippen LogP contribution in [0, 0.1) is 0 Å². The lowest BCUT2D eigenvalue weighted by atomic mass is 10.1. The van der Waals surface area contributed by atoms with Gasteiger partial charge in [0, 0.05) is 30.0 Å². The van der Waals surface area contributed by atoms with Crippen LogP contribution in [0.4, 0.5) is 5.69 Å². The van der Waals surface area contributed by atoms with E-state index in [0.29, 0.717) is 5.69 Å². The molecule has 2 aliphatic rings. The fraction of sp³-hybridized carbons (Fsp3) is 0.412. The van der Waals surface area contributed by atoms with Gasteiger partial charge in [0.15, 0.2) is 5.69 Å². The smallest absolute Gasteiger partial charge is 0.276 e. The SMILES string of the molecule is O=C(Nc1ccc(C2CNCCO2)cc1)c1n[nH]c2c1CCC2. The van der Waals surface area contributed by atoms with Gasteiger partial charge in [-0.25, -0.2) is 0 Å². The van der Waals surface area contributed by atoms with Crippen molar-refractivity contribution in [2.24, 2.45) is 0 Å². The second-order valence-electron chi connectivity index (χ2n) is 6.02. The first-order valence-corrected chi connectivity index (χ1v) is 8.11. The van der Waals surface area contributed by atoms with Crippen LogP contribution in [0.15, 0.2) is 24.3 Å². The lowest BCUT2D eigenvalue weighted by Gasteiger charge is -2.24. The Bertz CT molecular complexity index is 702. The van der Waals surface area contributed by atoms with E-state index in [1.807, 2.05) is 24.3 Å². The highest BCUT2D eigenvalue weighted by atomic mass is 16.5. The van der Waals surface area contributed by atoms with Gasteiger partial charge in [-0.2, -0.15) is 5.10 Å². The number of hydrogen-bond acceptors (Lipinski definition) is 4. The normalized spacial score (nSPS) is 20.3. The molecule has 23 heavy (non-hydrogen) atoms. The van der Waals surface area contributed by atoms with Crippen LogP contribution in [0.25, 0.3) is 0 Å². The Labute approximate surface area is 134 Å². The molecule has 4 rings (SSSR count). The van der Waals surface area contributed by atoms with Gasteiger partial charge in [-0.15, -0.1) is 0 Å². The molecule has 1 atom stereocenters. The summed E-state index contributed by atoms with van der Waals surface area (Å²) < 4.78 is 5.73. The van der Waals surface area contributed by atoms with Gasteiger partial charge in [0.2, 0.25) is 0 Å². The Morgan fingerprint density at radius 1 is 1.26 bits per heavy atom. The summed E-state index contributed by atoms with van der Waals surface area (Å²) in [5.41, 5.74) is 4.60. The monoisotopic (exact) mass is 312 g/mol. The Kier molecular flexibility index (Phi) is 3.85. The third kappa shape index (κ3) is 2.87. The van der Waals surface area contributed by atoms with Crippen LogP contribution in [-0.2, 0) is 17.6 Å². The van der Waals surface area contributed by atoms with Crippen molar-refractivity contribution in [2.45, 2.75) is 25.4 Å². The zero-order valence-electron chi connectivity index (χ0n) is 12.9. The van der Waals surface area contributed by atoms with Gasteiger partial charge < -0.3 is 15.4 Å². The van der Waals surface area contributed by atoms with E-state index in [4.69, 9.17) is 4.74 Å². The van der Waals surface area contributed by atoms with Gasteiger partial charge in [-0.05, 0) is 37.0 Å². The average Bonchev–Trinajstić information content (AvgIpc) is 3.19.